The highest BCUT2D eigenvalue weighted by Gasteiger charge is 2.17. The lowest BCUT2D eigenvalue weighted by molar-refractivity contribution is 0.411. The number of hydrogen-bond acceptors (Lipinski definition) is 3. The molecule has 0 fully saturated rings. The summed E-state index contributed by atoms with van der Waals surface area (Å²) in [6, 6.07) is 4.89. The minimum Gasteiger partial charge on any atom is -0.493 e. The summed E-state index contributed by atoms with van der Waals surface area (Å²) < 4.78 is 22.9. The van der Waals surface area contributed by atoms with Gasteiger partial charge < -0.3 is 9.30 Å². The summed E-state index contributed by atoms with van der Waals surface area (Å²) >= 11 is 0. The molecule has 21 heavy (non-hydrogen) atoms. The molecule has 1 aromatic carbocycles. The van der Waals surface area contributed by atoms with Gasteiger partial charge in [-0.15, -0.1) is 0 Å². The van der Waals surface area contributed by atoms with Gasteiger partial charge in [-0.1, -0.05) is 6.07 Å². The molecule has 3 aromatic rings. The van der Waals surface area contributed by atoms with Crippen LogP contribution in [0, 0.1) is 12.7 Å². The summed E-state index contributed by atoms with van der Waals surface area (Å²) in [7, 11) is 3.43. The number of para-hydroxylation sites is 1. The number of benzene rings is 1. The summed E-state index contributed by atoms with van der Waals surface area (Å²) in [5.74, 6) is 0.932. The van der Waals surface area contributed by atoms with Gasteiger partial charge in [-0.3, -0.25) is 0 Å². The number of ether oxygens (including phenoxy) is 1. The number of aromatic nitrogens is 4. The van der Waals surface area contributed by atoms with E-state index in [9.17, 15) is 4.39 Å². The zero-order valence-electron chi connectivity index (χ0n) is 12.0. The lowest BCUT2D eigenvalue weighted by Gasteiger charge is -2.10. The molecule has 0 saturated heterocycles. The molecule has 108 valence electrons. The van der Waals surface area contributed by atoms with Crippen LogP contribution in [-0.4, -0.2) is 26.4 Å². The Morgan fingerprint density at radius 2 is 2.10 bits per heavy atom. The minimum atomic E-state index is -0.361. The van der Waals surface area contributed by atoms with Crippen LogP contribution in [0.25, 0.3) is 17.1 Å². The number of hydrogen-bond donors (Lipinski definition) is 0. The molecule has 0 spiro atoms. The van der Waals surface area contributed by atoms with E-state index in [1.165, 1.54) is 10.7 Å². The number of aryl methyl sites for hydroxylation is 2. The van der Waals surface area contributed by atoms with Crippen molar-refractivity contribution in [1.82, 2.24) is 19.3 Å². The van der Waals surface area contributed by atoms with Gasteiger partial charge in [0, 0.05) is 25.0 Å². The van der Waals surface area contributed by atoms with Crippen LogP contribution in [0.4, 0.5) is 4.39 Å². The Labute approximate surface area is 121 Å². The van der Waals surface area contributed by atoms with Crippen LogP contribution in [0.5, 0.6) is 5.75 Å². The topological polar surface area (TPSA) is 44.9 Å². The van der Waals surface area contributed by atoms with E-state index in [4.69, 9.17) is 4.74 Å². The van der Waals surface area contributed by atoms with Crippen molar-refractivity contribution in [2.45, 2.75) is 6.92 Å². The van der Waals surface area contributed by atoms with Gasteiger partial charge in [0.2, 0.25) is 0 Å². The van der Waals surface area contributed by atoms with Gasteiger partial charge in [0.25, 0.3) is 0 Å². The first kappa shape index (κ1) is 13.4. The lowest BCUT2D eigenvalue weighted by Crippen LogP contribution is -2.04. The van der Waals surface area contributed by atoms with E-state index in [2.05, 4.69) is 10.1 Å². The van der Waals surface area contributed by atoms with Crippen LogP contribution in [0.3, 0.4) is 0 Å². The van der Waals surface area contributed by atoms with E-state index >= 15 is 0 Å². The molecule has 6 heteroatoms. The highest BCUT2D eigenvalue weighted by atomic mass is 19.1. The third-order valence-electron chi connectivity index (χ3n) is 3.35. The molecule has 5 nitrogen and oxygen atoms in total. The highest BCUT2D eigenvalue weighted by Crippen LogP contribution is 2.29. The van der Waals surface area contributed by atoms with E-state index in [0.29, 0.717) is 28.5 Å². The molecule has 0 aliphatic rings. The normalized spacial score (nSPS) is 10.9. The van der Waals surface area contributed by atoms with Crippen LogP contribution in [0.2, 0.25) is 0 Å². The van der Waals surface area contributed by atoms with E-state index in [1.807, 2.05) is 30.8 Å². The Morgan fingerprint density at radius 3 is 2.71 bits per heavy atom. The highest BCUT2D eigenvalue weighted by molar-refractivity contribution is 5.68. The molecule has 3 rings (SSSR count). The number of methoxy groups -OCH3 is 1. The van der Waals surface area contributed by atoms with Crippen molar-refractivity contribution < 1.29 is 9.13 Å². The predicted octanol–water partition coefficient (Wildman–Crippen LogP) is 2.73. The van der Waals surface area contributed by atoms with Crippen molar-refractivity contribution in [3.8, 4) is 22.8 Å². The van der Waals surface area contributed by atoms with Gasteiger partial charge in [-0.05, 0) is 19.1 Å². The summed E-state index contributed by atoms with van der Waals surface area (Å²) in [6.45, 7) is 1.82. The van der Waals surface area contributed by atoms with Gasteiger partial charge >= 0.3 is 0 Å². The largest absolute Gasteiger partial charge is 0.493 e. The number of rotatable bonds is 3. The summed E-state index contributed by atoms with van der Waals surface area (Å²) in [6.07, 6.45) is 5.16. The van der Waals surface area contributed by atoms with Crippen LogP contribution in [0.15, 0.2) is 36.8 Å². The van der Waals surface area contributed by atoms with Gasteiger partial charge in [-0.2, -0.15) is 5.10 Å². The Kier molecular flexibility index (Phi) is 3.21. The summed E-state index contributed by atoms with van der Waals surface area (Å²) in [5, 5.41) is 4.33. The first-order chi connectivity index (χ1) is 10.1. The molecular weight excluding hydrogens is 271 g/mol. The monoisotopic (exact) mass is 286 g/mol. The molecule has 0 atom stereocenters. The molecular formula is C15H15FN4O. The van der Waals surface area contributed by atoms with Crippen LogP contribution < -0.4 is 4.74 Å². The van der Waals surface area contributed by atoms with Gasteiger partial charge in [-0.25, -0.2) is 14.1 Å². The maximum Gasteiger partial charge on any atom is 0.160 e. The average molecular weight is 286 g/mol. The second kappa shape index (κ2) is 5.05. The van der Waals surface area contributed by atoms with Crippen molar-refractivity contribution in [3.05, 3.63) is 48.3 Å². The fraction of sp³-hybridized carbons (Fsp3) is 0.200. The molecule has 0 N–H and O–H groups in total. The van der Waals surface area contributed by atoms with Crippen molar-refractivity contribution in [3.63, 3.8) is 0 Å². The number of nitrogens with zero attached hydrogens (tertiary/aromatic N) is 4. The van der Waals surface area contributed by atoms with E-state index < -0.39 is 0 Å². The molecule has 0 aliphatic heterocycles. The van der Waals surface area contributed by atoms with Gasteiger partial charge in [0.05, 0.1) is 13.3 Å². The third kappa shape index (κ3) is 2.18. The molecule has 2 aromatic heterocycles. The second-order valence-corrected chi connectivity index (χ2v) is 4.73. The van der Waals surface area contributed by atoms with Gasteiger partial charge in [0.1, 0.15) is 23.0 Å². The Morgan fingerprint density at radius 1 is 1.29 bits per heavy atom. The predicted molar refractivity (Wildman–Crippen MR) is 77.0 cm³/mol. The molecule has 0 bridgehead atoms. The lowest BCUT2D eigenvalue weighted by atomic mass is 10.1. The fourth-order valence-electron chi connectivity index (χ4n) is 2.31. The zero-order chi connectivity index (χ0) is 15.0. The second-order valence-electron chi connectivity index (χ2n) is 4.73. The molecule has 2 heterocycles. The average Bonchev–Trinajstić information content (AvgIpc) is 3.04. The molecule has 0 aliphatic carbocycles. The SMILES string of the molecule is COc1cn(-c2c(F)cccc2-c2nccn2C)nc1C. The Hall–Kier alpha value is -2.63. The minimum absolute atomic E-state index is 0.359. The smallest absolute Gasteiger partial charge is 0.160 e. The Bertz CT molecular complexity index is 791. The summed E-state index contributed by atoms with van der Waals surface area (Å²) in [5.41, 5.74) is 1.73. The van der Waals surface area contributed by atoms with Crippen LogP contribution in [0.1, 0.15) is 5.69 Å². The summed E-state index contributed by atoms with van der Waals surface area (Å²) in [4.78, 5) is 4.29. The van der Waals surface area contributed by atoms with Crippen molar-refractivity contribution in [2.75, 3.05) is 7.11 Å². The molecule has 0 amide bonds. The maximum atomic E-state index is 14.4. The standard InChI is InChI=1S/C15H15FN4O/c1-10-13(21-3)9-20(18-10)14-11(5-4-6-12(14)16)15-17-7-8-19(15)2/h4-9H,1-3H3. The number of halogens is 1. The quantitative estimate of drug-likeness (QED) is 0.743. The van der Waals surface area contributed by atoms with E-state index in [0.717, 1.165) is 0 Å². The third-order valence-corrected chi connectivity index (χ3v) is 3.35. The van der Waals surface area contributed by atoms with Crippen molar-refractivity contribution in [1.29, 1.82) is 0 Å². The maximum absolute atomic E-state index is 14.4. The molecule has 0 saturated carbocycles. The molecule has 0 unspecified atom stereocenters. The fourth-order valence-corrected chi connectivity index (χ4v) is 2.31. The molecule has 0 radical (unpaired) electrons. The first-order valence-corrected chi connectivity index (χ1v) is 6.48. The van der Waals surface area contributed by atoms with Crippen molar-refractivity contribution >= 4 is 0 Å². The van der Waals surface area contributed by atoms with Crippen LogP contribution >= 0.6 is 0 Å². The van der Waals surface area contributed by atoms with E-state index in [1.54, 1.807) is 25.6 Å². The van der Waals surface area contributed by atoms with Gasteiger partial charge in [0.15, 0.2) is 5.75 Å². The first-order valence-electron chi connectivity index (χ1n) is 6.48. The van der Waals surface area contributed by atoms with Crippen LogP contribution in [-0.2, 0) is 7.05 Å². The van der Waals surface area contributed by atoms with E-state index in [-0.39, 0.29) is 5.82 Å². The number of imidazole rings is 1. The Balaban J connectivity index is 2.24. The van der Waals surface area contributed by atoms with Crippen molar-refractivity contribution in [2.24, 2.45) is 7.05 Å². The zero-order valence-corrected chi connectivity index (χ0v) is 12.0.